The molecule has 1 aliphatic rings. The Hall–Kier alpha value is -2.40. The third-order valence-electron chi connectivity index (χ3n) is 5.71. The lowest BCUT2D eigenvalue weighted by Gasteiger charge is -2.38. The van der Waals surface area contributed by atoms with E-state index >= 15 is 0 Å². The van der Waals surface area contributed by atoms with Gasteiger partial charge in [-0.05, 0) is 42.4 Å². The fourth-order valence-electron chi connectivity index (χ4n) is 4.00. The second-order valence-corrected chi connectivity index (χ2v) is 9.65. The van der Waals surface area contributed by atoms with Crippen LogP contribution in [0.5, 0.6) is 0 Å². The van der Waals surface area contributed by atoms with Crippen molar-refractivity contribution in [1.29, 1.82) is 0 Å². The topological polar surface area (TPSA) is 76.6 Å². The van der Waals surface area contributed by atoms with Crippen molar-refractivity contribution >= 4 is 34.0 Å². The number of nitrogens with one attached hydrogen (secondary N) is 1. The Morgan fingerprint density at radius 1 is 1.29 bits per heavy atom. The highest BCUT2D eigenvalue weighted by Gasteiger charge is 2.36. The van der Waals surface area contributed by atoms with Gasteiger partial charge in [0, 0.05) is 37.3 Å². The van der Waals surface area contributed by atoms with E-state index in [0.29, 0.717) is 36.4 Å². The molecule has 1 atom stereocenters. The molecule has 1 fully saturated rings. The molecule has 0 bridgehead atoms. The monoisotopic (exact) mass is 500 g/mol. The standard InChI is InChI=1S/C23H31F3N4O3S/c1-14(2)13-30(17-7-9-33-10-8-17)19-6-5-16(15(3)11-20(31)32-4)12-18(19)27-22-28-21(29-34-22)23(24,25)26/h5-6,12,14-15,17H,7-11,13H2,1-4H3,(H,27,28,29)/t15-/m1/s1. The third-order valence-corrected chi connectivity index (χ3v) is 6.34. The first-order chi connectivity index (χ1) is 16.1. The van der Waals surface area contributed by atoms with E-state index in [1.165, 1.54) is 7.11 Å². The Balaban J connectivity index is 2.00. The Bertz CT molecular complexity index is 961. The molecule has 0 spiro atoms. The summed E-state index contributed by atoms with van der Waals surface area (Å²) in [7, 11) is 1.34. The van der Waals surface area contributed by atoms with Crippen LogP contribution in [-0.4, -0.2) is 48.2 Å². The Kier molecular flexibility index (Phi) is 8.75. The van der Waals surface area contributed by atoms with E-state index in [0.717, 1.165) is 30.6 Å². The molecule has 0 radical (unpaired) electrons. The molecule has 3 rings (SSSR count). The second kappa shape index (κ2) is 11.4. The number of hydrogen-bond donors (Lipinski definition) is 1. The van der Waals surface area contributed by atoms with Gasteiger partial charge in [-0.1, -0.05) is 26.8 Å². The predicted octanol–water partition coefficient (Wildman–Crippen LogP) is 5.61. The molecule has 1 saturated heterocycles. The minimum Gasteiger partial charge on any atom is -0.469 e. The summed E-state index contributed by atoms with van der Waals surface area (Å²) in [6.45, 7) is 8.29. The average Bonchev–Trinajstić information content (AvgIpc) is 3.27. The fraction of sp³-hybridized carbons (Fsp3) is 0.609. The molecule has 2 heterocycles. The summed E-state index contributed by atoms with van der Waals surface area (Å²) < 4.78 is 52.9. The maximum atomic E-state index is 13.0. The smallest absolute Gasteiger partial charge is 0.452 e. The minimum absolute atomic E-state index is 0.0582. The van der Waals surface area contributed by atoms with Crippen LogP contribution in [-0.2, 0) is 20.4 Å². The highest BCUT2D eigenvalue weighted by atomic mass is 32.1. The Morgan fingerprint density at radius 3 is 2.59 bits per heavy atom. The molecule has 0 saturated carbocycles. The maximum absolute atomic E-state index is 13.0. The summed E-state index contributed by atoms with van der Waals surface area (Å²) in [5.74, 6) is -1.26. The van der Waals surface area contributed by atoms with Crippen molar-refractivity contribution in [3.8, 4) is 0 Å². The first-order valence-electron chi connectivity index (χ1n) is 11.3. The molecular formula is C23H31F3N4O3S. The van der Waals surface area contributed by atoms with Crippen molar-refractivity contribution in [2.24, 2.45) is 5.92 Å². The summed E-state index contributed by atoms with van der Waals surface area (Å²) in [5, 5.41) is 3.13. The molecule has 7 nitrogen and oxygen atoms in total. The van der Waals surface area contributed by atoms with Crippen LogP contribution in [0.2, 0.25) is 0 Å². The van der Waals surface area contributed by atoms with Gasteiger partial charge in [-0.15, -0.1) is 0 Å². The van der Waals surface area contributed by atoms with Crippen LogP contribution in [0, 0.1) is 5.92 Å². The fourth-order valence-corrected chi connectivity index (χ4v) is 4.60. The third kappa shape index (κ3) is 6.82. The number of rotatable bonds is 9. The summed E-state index contributed by atoms with van der Waals surface area (Å²) >= 11 is 0.665. The van der Waals surface area contributed by atoms with Gasteiger partial charge in [-0.2, -0.15) is 22.5 Å². The zero-order valence-corrected chi connectivity index (χ0v) is 20.6. The zero-order chi connectivity index (χ0) is 24.9. The van der Waals surface area contributed by atoms with Crippen molar-refractivity contribution in [2.75, 3.05) is 37.1 Å². The van der Waals surface area contributed by atoms with Crippen molar-refractivity contribution in [3.63, 3.8) is 0 Å². The number of esters is 1. The maximum Gasteiger partial charge on any atom is 0.452 e. The highest BCUT2D eigenvalue weighted by Crippen LogP contribution is 2.37. The first-order valence-corrected chi connectivity index (χ1v) is 12.1. The van der Waals surface area contributed by atoms with Crippen LogP contribution in [0.1, 0.15) is 57.3 Å². The Morgan fingerprint density at radius 2 is 2.00 bits per heavy atom. The number of anilines is 3. The number of carbonyl (C=O) groups is 1. The van der Waals surface area contributed by atoms with E-state index in [4.69, 9.17) is 9.47 Å². The average molecular weight is 501 g/mol. The number of methoxy groups -OCH3 is 1. The van der Waals surface area contributed by atoms with Gasteiger partial charge in [0.1, 0.15) is 0 Å². The summed E-state index contributed by atoms with van der Waals surface area (Å²) in [6, 6.07) is 6.05. The van der Waals surface area contributed by atoms with Gasteiger partial charge >= 0.3 is 12.1 Å². The Labute approximate surface area is 201 Å². The van der Waals surface area contributed by atoms with Crippen molar-refractivity contribution in [3.05, 3.63) is 29.6 Å². The molecule has 11 heteroatoms. The highest BCUT2D eigenvalue weighted by molar-refractivity contribution is 7.09. The van der Waals surface area contributed by atoms with Crippen LogP contribution in [0.4, 0.5) is 29.7 Å². The van der Waals surface area contributed by atoms with Gasteiger partial charge in [0.05, 0.1) is 24.9 Å². The minimum atomic E-state index is -4.61. The van der Waals surface area contributed by atoms with Gasteiger partial charge in [0.15, 0.2) is 0 Å². The quantitative estimate of drug-likeness (QED) is 0.449. The molecule has 34 heavy (non-hydrogen) atoms. The molecule has 0 aliphatic carbocycles. The molecule has 0 amide bonds. The number of ether oxygens (including phenoxy) is 2. The SMILES string of the molecule is COC(=O)C[C@@H](C)c1ccc(N(CC(C)C)C2CCOCC2)c(Nc2nc(C(F)(F)F)ns2)c1. The number of aromatic nitrogens is 2. The molecular weight excluding hydrogens is 469 g/mol. The van der Waals surface area contributed by atoms with Gasteiger partial charge in [0.2, 0.25) is 11.0 Å². The van der Waals surface area contributed by atoms with E-state index in [2.05, 4.69) is 33.4 Å². The molecule has 1 aromatic carbocycles. The van der Waals surface area contributed by atoms with Crippen LogP contribution in [0.15, 0.2) is 18.2 Å². The van der Waals surface area contributed by atoms with Gasteiger partial charge in [-0.25, -0.2) is 0 Å². The number of hydrogen-bond acceptors (Lipinski definition) is 8. The van der Waals surface area contributed by atoms with E-state index in [9.17, 15) is 18.0 Å². The van der Waals surface area contributed by atoms with E-state index < -0.39 is 12.0 Å². The largest absolute Gasteiger partial charge is 0.469 e. The lowest BCUT2D eigenvalue weighted by atomic mass is 9.95. The predicted molar refractivity (Wildman–Crippen MR) is 126 cm³/mol. The number of nitrogens with zero attached hydrogens (tertiary/aromatic N) is 3. The second-order valence-electron chi connectivity index (χ2n) is 8.89. The first kappa shape index (κ1) is 26.2. The van der Waals surface area contributed by atoms with Crippen molar-refractivity contribution in [1.82, 2.24) is 9.36 Å². The molecule has 2 aromatic rings. The summed E-state index contributed by atoms with van der Waals surface area (Å²) in [6.07, 6.45) is -2.68. The van der Waals surface area contributed by atoms with Gasteiger partial charge < -0.3 is 19.7 Å². The number of alkyl halides is 3. The van der Waals surface area contributed by atoms with E-state index in [1.807, 2.05) is 25.1 Å². The number of benzene rings is 1. The molecule has 0 unspecified atom stereocenters. The van der Waals surface area contributed by atoms with Crippen molar-refractivity contribution in [2.45, 2.75) is 58.2 Å². The lowest BCUT2D eigenvalue weighted by Crippen LogP contribution is -2.42. The van der Waals surface area contributed by atoms with Crippen LogP contribution < -0.4 is 10.2 Å². The summed E-state index contributed by atoms with van der Waals surface area (Å²) in [4.78, 5) is 17.7. The number of halogens is 3. The van der Waals surface area contributed by atoms with Gasteiger partial charge in [0.25, 0.3) is 0 Å². The summed E-state index contributed by atoms with van der Waals surface area (Å²) in [5.41, 5.74) is 2.37. The number of carbonyl (C=O) groups excluding carboxylic acids is 1. The van der Waals surface area contributed by atoms with Crippen LogP contribution in [0.3, 0.4) is 0 Å². The molecule has 1 N–H and O–H groups in total. The molecule has 188 valence electrons. The van der Waals surface area contributed by atoms with Crippen molar-refractivity contribution < 1.29 is 27.4 Å². The molecule has 1 aliphatic heterocycles. The molecule has 1 aromatic heterocycles. The lowest BCUT2D eigenvalue weighted by molar-refractivity contribution is -0.144. The zero-order valence-electron chi connectivity index (χ0n) is 19.8. The van der Waals surface area contributed by atoms with Gasteiger partial charge in [-0.3, -0.25) is 4.79 Å². The van der Waals surface area contributed by atoms with E-state index in [1.54, 1.807) is 0 Å². The van der Waals surface area contributed by atoms with Crippen LogP contribution >= 0.6 is 11.5 Å². The van der Waals surface area contributed by atoms with Crippen LogP contribution in [0.25, 0.3) is 0 Å². The normalized spacial score (nSPS) is 15.9. The van der Waals surface area contributed by atoms with E-state index in [-0.39, 0.29) is 29.5 Å².